The first kappa shape index (κ1) is 16.9. The van der Waals surface area contributed by atoms with Gasteiger partial charge in [0.1, 0.15) is 5.69 Å². The fourth-order valence-electron chi connectivity index (χ4n) is 2.71. The average Bonchev–Trinajstić information content (AvgIpc) is 3.28. The van der Waals surface area contributed by atoms with Crippen LogP contribution in [0.4, 0.5) is 5.69 Å². The summed E-state index contributed by atoms with van der Waals surface area (Å²) in [5.74, 6) is 0.150. The Balaban J connectivity index is 1.36. The molecule has 0 unspecified atom stereocenters. The van der Waals surface area contributed by atoms with Crippen molar-refractivity contribution < 1.29 is 28.3 Å². The maximum atomic E-state index is 12.3. The molecule has 138 valence electrons. The monoisotopic (exact) mass is 368 g/mol. The number of carbonyl (C=O) groups excluding carboxylic acids is 2. The molecular weight excluding hydrogens is 352 g/mol. The van der Waals surface area contributed by atoms with Gasteiger partial charge in [-0.3, -0.25) is 9.59 Å². The van der Waals surface area contributed by atoms with E-state index < -0.39 is 18.0 Å². The first-order chi connectivity index (χ1) is 13.1. The largest absolute Gasteiger partial charge is 0.454 e. The molecule has 8 heteroatoms. The van der Waals surface area contributed by atoms with Crippen molar-refractivity contribution in [2.45, 2.75) is 19.4 Å². The molecule has 1 aliphatic heterocycles. The highest BCUT2D eigenvalue weighted by Gasteiger charge is 2.21. The van der Waals surface area contributed by atoms with Gasteiger partial charge in [-0.05, 0) is 31.2 Å². The zero-order valence-electron chi connectivity index (χ0n) is 14.4. The standard InChI is InChI=1S/C19H16N2O6/c1-11(19(23)20-12-6-7-16-17(8-12)25-10-24-16)26-18(22)9-14-13-4-2-3-5-15(13)27-21-14/h2-8,11H,9-10H2,1H3,(H,20,23)/t11-/m0/s1. The van der Waals surface area contributed by atoms with Gasteiger partial charge in [0.2, 0.25) is 6.79 Å². The summed E-state index contributed by atoms with van der Waals surface area (Å²) in [5.41, 5.74) is 1.59. The molecule has 8 nitrogen and oxygen atoms in total. The first-order valence-corrected chi connectivity index (χ1v) is 8.33. The van der Waals surface area contributed by atoms with Crippen LogP contribution in [0.1, 0.15) is 12.6 Å². The molecular formula is C19H16N2O6. The molecule has 4 rings (SSSR count). The fraction of sp³-hybridized carbons (Fsp3) is 0.211. The van der Waals surface area contributed by atoms with E-state index in [-0.39, 0.29) is 13.2 Å². The highest BCUT2D eigenvalue weighted by Crippen LogP contribution is 2.34. The summed E-state index contributed by atoms with van der Waals surface area (Å²) in [6.45, 7) is 1.65. The van der Waals surface area contributed by atoms with Crippen LogP contribution in [-0.2, 0) is 20.7 Å². The van der Waals surface area contributed by atoms with E-state index in [4.69, 9.17) is 18.7 Å². The highest BCUT2D eigenvalue weighted by atomic mass is 16.7. The van der Waals surface area contributed by atoms with Gasteiger partial charge in [-0.25, -0.2) is 0 Å². The van der Waals surface area contributed by atoms with Crippen molar-refractivity contribution in [3.8, 4) is 11.5 Å². The Labute approximate surface area is 154 Å². The Morgan fingerprint density at radius 2 is 2.00 bits per heavy atom. The van der Waals surface area contributed by atoms with Crippen LogP contribution < -0.4 is 14.8 Å². The number of benzene rings is 2. The third-order valence-electron chi connectivity index (χ3n) is 4.08. The Hall–Kier alpha value is -3.55. The molecule has 0 saturated heterocycles. The summed E-state index contributed by atoms with van der Waals surface area (Å²) in [4.78, 5) is 24.4. The van der Waals surface area contributed by atoms with E-state index in [1.807, 2.05) is 18.2 Å². The summed E-state index contributed by atoms with van der Waals surface area (Å²) < 4.78 is 20.9. The van der Waals surface area contributed by atoms with E-state index in [1.165, 1.54) is 6.92 Å². The van der Waals surface area contributed by atoms with Crippen LogP contribution in [0.15, 0.2) is 47.0 Å². The van der Waals surface area contributed by atoms with Crippen LogP contribution in [0.3, 0.4) is 0 Å². The minimum absolute atomic E-state index is 0.0847. The second-order valence-corrected chi connectivity index (χ2v) is 5.99. The molecule has 1 aromatic heterocycles. The summed E-state index contributed by atoms with van der Waals surface area (Å²) in [6.07, 6.45) is -1.06. The Kier molecular flexibility index (Phi) is 4.37. The van der Waals surface area contributed by atoms with Gasteiger partial charge in [-0.1, -0.05) is 17.3 Å². The van der Waals surface area contributed by atoms with Crippen LogP contribution in [-0.4, -0.2) is 29.9 Å². The van der Waals surface area contributed by atoms with E-state index in [0.717, 1.165) is 5.39 Å². The number of esters is 1. The van der Waals surface area contributed by atoms with Gasteiger partial charge < -0.3 is 24.1 Å². The van der Waals surface area contributed by atoms with Crippen LogP contribution in [0.2, 0.25) is 0 Å². The summed E-state index contributed by atoms with van der Waals surface area (Å²) in [7, 11) is 0. The molecule has 27 heavy (non-hydrogen) atoms. The molecule has 2 heterocycles. The number of anilines is 1. The number of aromatic nitrogens is 1. The Morgan fingerprint density at radius 3 is 2.89 bits per heavy atom. The van der Waals surface area contributed by atoms with E-state index in [1.54, 1.807) is 24.3 Å². The molecule has 1 atom stereocenters. The van der Waals surface area contributed by atoms with Crippen molar-refractivity contribution in [3.05, 3.63) is 48.2 Å². The van der Waals surface area contributed by atoms with Crippen LogP contribution in [0, 0.1) is 0 Å². The molecule has 2 aromatic carbocycles. The second kappa shape index (κ2) is 6.99. The lowest BCUT2D eigenvalue weighted by molar-refractivity contribution is -0.152. The normalized spacial score (nSPS) is 13.4. The lowest BCUT2D eigenvalue weighted by Gasteiger charge is -2.13. The minimum atomic E-state index is -0.971. The molecule has 1 N–H and O–H groups in total. The van der Waals surface area contributed by atoms with Crippen molar-refractivity contribution in [2.75, 3.05) is 12.1 Å². The molecule has 3 aromatic rings. The average molecular weight is 368 g/mol. The number of para-hydroxylation sites is 1. The fourth-order valence-corrected chi connectivity index (χ4v) is 2.71. The number of hydrogen-bond donors (Lipinski definition) is 1. The molecule has 1 amide bonds. The number of ether oxygens (including phenoxy) is 3. The van der Waals surface area contributed by atoms with Gasteiger partial charge >= 0.3 is 5.97 Å². The lowest BCUT2D eigenvalue weighted by Crippen LogP contribution is -2.30. The molecule has 0 spiro atoms. The van der Waals surface area contributed by atoms with Crippen molar-refractivity contribution in [3.63, 3.8) is 0 Å². The van der Waals surface area contributed by atoms with Gasteiger partial charge in [-0.15, -0.1) is 0 Å². The molecule has 1 aliphatic rings. The number of nitrogens with zero attached hydrogens (tertiary/aromatic N) is 1. The smallest absolute Gasteiger partial charge is 0.312 e. The third-order valence-corrected chi connectivity index (χ3v) is 4.08. The van der Waals surface area contributed by atoms with Crippen molar-refractivity contribution in [2.24, 2.45) is 0 Å². The number of hydrogen-bond acceptors (Lipinski definition) is 7. The summed E-state index contributed by atoms with van der Waals surface area (Å²) >= 11 is 0. The van der Waals surface area contributed by atoms with E-state index in [9.17, 15) is 9.59 Å². The maximum Gasteiger partial charge on any atom is 0.312 e. The SMILES string of the molecule is C[C@H](OC(=O)Cc1noc2ccccc12)C(=O)Nc1ccc2c(c1)OCO2. The maximum absolute atomic E-state index is 12.3. The van der Waals surface area contributed by atoms with Gasteiger partial charge in [0.05, 0.1) is 6.42 Å². The van der Waals surface area contributed by atoms with Gasteiger partial charge in [0, 0.05) is 17.1 Å². The van der Waals surface area contributed by atoms with Gasteiger partial charge in [0.25, 0.3) is 5.91 Å². The summed E-state index contributed by atoms with van der Waals surface area (Å²) in [6, 6.07) is 12.2. The van der Waals surface area contributed by atoms with Crippen molar-refractivity contribution in [1.29, 1.82) is 0 Å². The zero-order chi connectivity index (χ0) is 18.8. The van der Waals surface area contributed by atoms with Crippen LogP contribution >= 0.6 is 0 Å². The van der Waals surface area contributed by atoms with Crippen LogP contribution in [0.5, 0.6) is 11.5 Å². The zero-order valence-corrected chi connectivity index (χ0v) is 14.4. The Bertz CT molecular complexity index is 1010. The van der Waals surface area contributed by atoms with Crippen molar-refractivity contribution >= 4 is 28.5 Å². The van der Waals surface area contributed by atoms with E-state index in [2.05, 4.69) is 10.5 Å². The predicted octanol–water partition coefficient (Wildman–Crippen LogP) is 2.67. The topological polar surface area (TPSA) is 99.9 Å². The second-order valence-electron chi connectivity index (χ2n) is 5.99. The number of nitrogens with one attached hydrogen (secondary N) is 1. The number of fused-ring (bicyclic) bond motifs is 2. The van der Waals surface area contributed by atoms with Crippen LogP contribution in [0.25, 0.3) is 11.0 Å². The molecule has 0 radical (unpaired) electrons. The van der Waals surface area contributed by atoms with E-state index >= 15 is 0 Å². The minimum Gasteiger partial charge on any atom is -0.454 e. The van der Waals surface area contributed by atoms with Gasteiger partial charge in [0.15, 0.2) is 23.2 Å². The quantitative estimate of drug-likeness (QED) is 0.691. The lowest BCUT2D eigenvalue weighted by atomic mass is 10.2. The molecule has 0 fully saturated rings. The number of rotatable bonds is 5. The van der Waals surface area contributed by atoms with Crippen molar-refractivity contribution in [1.82, 2.24) is 5.16 Å². The molecule has 0 aliphatic carbocycles. The molecule has 0 bridgehead atoms. The third kappa shape index (κ3) is 3.55. The number of amides is 1. The highest BCUT2D eigenvalue weighted by molar-refractivity contribution is 5.95. The summed E-state index contributed by atoms with van der Waals surface area (Å²) in [5, 5.41) is 7.31. The Morgan fingerprint density at radius 1 is 1.19 bits per heavy atom. The number of carbonyl (C=O) groups is 2. The predicted molar refractivity (Wildman–Crippen MR) is 94.5 cm³/mol. The molecule has 0 saturated carbocycles. The first-order valence-electron chi connectivity index (χ1n) is 8.33. The van der Waals surface area contributed by atoms with E-state index in [0.29, 0.717) is 28.5 Å². The van der Waals surface area contributed by atoms with Gasteiger partial charge in [-0.2, -0.15) is 0 Å².